The molecule has 8 nitrogen and oxygen atoms in total. The van der Waals surface area contributed by atoms with Crippen molar-refractivity contribution in [3.63, 3.8) is 0 Å². The van der Waals surface area contributed by atoms with E-state index >= 15 is 0 Å². The van der Waals surface area contributed by atoms with Gasteiger partial charge in [0, 0.05) is 62.7 Å². The van der Waals surface area contributed by atoms with Crippen molar-refractivity contribution in [2.24, 2.45) is 0 Å². The first-order valence-electron chi connectivity index (χ1n) is 11.9. The van der Waals surface area contributed by atoms with Crippen LogP contribution in [0.2, 0.25) is 0 Å². The van der Waals surface area contributed by atoms with E-state index in [0.29, 0.717) is 11.6 Å². The van der Waals surface area contributed by atoms with Crippen LogP contribution in [0.25, 0.3) is 10.9 Å². The minimum absolute atomic E-state index is 0.145. The zero-order valence-electron chi connectivity index (χ0n) is 18.9. The Kier molecular flexibility index (Phi) is 5.25. The molecule has 170 valence electrons. The van der Waals surface area contributed by atoms with E-state index in [0.717, 1.165) is 68.8 Å². The standard InChI is InChI=1S/C25H29N7O/c1-17-11-31(24-5-4-18(9-26)25-22(24)3-2-7-28-25)16-21(33-17)15-30-13-20(14-30)32-12-19-6-8-27-10-23(19)29-32/h2-5,7,12,17,20-21,27H,6,8,10-11,13-16H2,1H3. The molecule has 8 heteroatoms. The normalized spacial score (nSPS) is 23.8. The molecule has 1 N–H and O–H groups in total. The van der Waals surface area contributed by atoms with E-state index < -0.39 is 0 Å². The predicted octanol–water partition coefficient (Wildman–Crippen LogP) is 2.10. The fraction of sp³-hybridized carbons (Fsp3) is 0.480. The molecule has 2 aromatic heterocycles. The number of aromatic nitrogens is 3. The van der Waals surface area contributed by atoms with Crippen LogP contribution in [0.5, 0.6) is 0 Å². The molecule has 3 aliphatic heterocycles. The fourth-order valence-corrected chi connectivity index (χ4v) is 5.45. The van der Waals surface area contributed by atoms with E-state index in [2.05, 4.69) is 56.1 Å². The van der Waals surface area contributed by atoms with Gasteiger partial charge in [0.2, 0.25) is 0 Å². The van der Waals surface area contributed by atoms with E-state index in [1.165, 1.54) is 11.3 Å². The van der Waals surface area contributed by atoms with E-state index in [1.807, 2.05) is 12.1 Å². The van der Waals surface area contributed by atoms with E-state index in [4.69, 9.17) is 9.84 Å². The number of hydrogen-bond donors (Lipinski definition) is 1. The summed E-state index contributed by atoms with van der Waals surface area (Å²) >= 11 is 0. The number of nitrogens with one attached hydrogen (secondary N) is 1. The highest BCUT2D eigenvalue weighted by atomic mass is 16.5. The Balaban J connectivity index is 1.13. The van der Waals surface area contributed by atoms with Crippen molar-refractivity contribution in [2.45, 2.75) is 38.1 Å². The number of anilines is 1. The van der Waals surface area contributed by atoms with Crippen LogP contribution in [-0.2, 0) is 17.7 Å². The highest BCUT2D eigenvalue weighted by Crippen LogP contribution is 2.31. The quantitative estimate of drug-likeness (QED) is 0.661. The number of fused-ring (bicyclic) bond motifs is 2. The third-order valence-corrected chi connectivity index (χ3v) is 7.07. The molecule has 0 spiro atoms. The second-order valence-corrected chi connectivity index (χ2v) is 9.50. The summed E-state index contributed by atoms with van der Waals surface area (Å²) in [6.45, 7) is 8.72. The van der Waals surface area contributed by atoms with Crippen molar-refractivity contribution in [3.8, 4) is 6.07 Å². The van der Waals surface area contributed by atoms with Gasteiger partial charge < -0.3 is 15.0 Å². The molecule has 0 bridgehead atoms. The van der Waals surface area contributed by atoms with Gasteiger partial charge in [-0.2, -0.15) is 10.4 Å². The molecule has 0 aliphatic carbocycles. The monoisotopic (exact) mass is 443 g/mol. The Hall–Kier alpha value is -2.99. The van der Waals surface area contributed by atoms with Crippen LogP contribution in [0.15, 0.2) is 36.7 Å². The van der Waals surface area contributed by atoms with Crippen LogP contribution in [-0.4, -0.2) is 71.1 Å². The van der Waals surface area contributed by atoms with Crippen LogP contribution in [0.3, 0.4) is 0 Å². The Bertz CT molecular complexity index is 1190. The molecule has 0 radical (unpaired) electrons. The molecule has 1 aromatic carbocycles. The smallest absolute Gasteiger partial charge is 0.101 e. The topological polar surface area (TPSA) is 82.2 Å². The van der Waals surface area contributed by atoms with Crippen molar-refractivity contribution >= 4 is 16.6 Å². The van der Waals surface area contributed by atoms with Gasteiger partial charge in [0.1, 0.15) is 6.07 Å². The summed E-state index contributed by atoms with van der Waals surface area (Å²) in [7, 11) is 0. The van der Waals surface area contributed by atoms with Crippen LogP contribution in [0, 0.1) is 11.3 Å². The lowest BCUT2D eigenvalue weighted by atomic mass is 10.0. The number of ether oxygens (including phenoxy) is 1. The second kappa shape index (κ2) is 8.41. The molecule has 6 rings (SSSR count). The zero-order chi connectivity index (χ0) is 22.4. The Morgan fingerprint density at radius 1 is 1.21 bits per heavy atom. The van der Waals surface area contributed by atoms with E-state index in [9.17, 15) is 5.26 Å². The molecule has 2 unspecified atom stereocenters. The zero-order valence-corrected chi connectivity index (χ0v) is 18.9. The summed E-state index contributed by atoms with van der Waals surface area (Å²) in [6, 6.07) is 10.7. The lowest BCUT2D eigenvalue weighted by Gasteiger charge is -2.44. The van der Waals surface area contributed by atoms with Crippen molar-refractivity contribution in [3.05, 3.63) is 53.5 Å². The number of likely N-dealkylation sites (tertiary alicyclic amines) is 1. The molecule has 5 heterocycles. The summed E-state index contributed by atoms with van der Waals surface area (Å²) in [5.41, 5.74) is 5.14. The predicted molar refractivity (Wildman–Crippen MR) is 126 cm³/mol. The van der Waals surface area contributed by atoms with Crippen LogP contribution in [0.1, 0.15) is 29.8 Å². The molecule has 2 fully saturated rings. The van der Waals surface area contributed by atoms with Gasteiger partial charge in [-0.25, -0.2) is 0 Å². The summed E-state index contributed by atoms with van der Waals surface area (Å²) in [5.74, 6) is 0. The SMILES string of the molecule is CC1CN(c2ccc(C#N)c3ncccc23)CC(CN2CC(n3cc4c(n3)CNCC4)C2)O1. The van der Waals surface area contributed by atoms with Crippen molar-refractivity contribution in [1.82, 2.24) is 25.0 Å². The largest absolute Gasteiger partial charge is 0.370 e. The highest BCUT2D eigenvalue weighted by molar-refractivity contribution is 5.95. The lowest BCUT2D eigenvalue weighted by molar-refractivity contribution is -0.0489. The highest BCUT2D eigenvalue weighted by Gasteiger charge is 2.34. The van der Waals surface area contributed by atoms with E-state index in [1.54, 1.807) is 6.20 Å². The Morgan fingerprint density at radius 2 is 2.12 bits per heavy atom. The van der Waals surface area contributed by atoms with Crippen LogP contribution >= 0.6 is 0 Å². The molecule has 3 aromatic rings. The van der Waals surface area contributed by atoms with Crippen molar-refractivity contribution < 1.29 is 4.74 Å². The Morgan fingerprint density at radius 3 is 2.97 bits per heavy atom. The maximum Gasteiger partial charge on any atom is 0.101 e. The third kappa shape index (κ3) is 3.86. The summed E-state index contributed by atoms with van der Waals surface area (Å²) < 4.78 is 8.51. The number of pyridine rings is 1. The molecule has 2 saturated heterocycles. The Labute approximate surface area is 193 Å². The number of nitriles is 1. The third-order valence-electron chi connectivity index (χ3n) is 7.07. The van der Waals surface area contributed by atoms with Gasteiger partial charge in [-0.3, -0.25) is 14.6 Å². The fourth-order valence-electron chi connectivity index (χ4n) is 5.45. The molecule has 0 amide bonds. The van der Waals surface area contributed by atoms with Gasteiger partial charge in [0.15, 0.2) is 0 Å². The summed E-state index contributed by atoms with van der Waals surface area (Å²) in [4.78, 5) is 9.35. The minimum atomic E-state index is 0.145. The van der Waals surface area contributed by atoms with Crippen LogP contribution in [0.4, 0.5) is 5.69 Å². The van der Waals surface area contributed by atoms with Gasteiger partial charge in [-0.05, 0) is 49.7 Å². The summed E-state index contributed by atoms with van der Waals surface area (Å²) in [5, 5.41) is 18.7. The maximum atomic E-state index is 9.47. The van der Waals surface area contributed by atoms with Crippen molar-refractivity contribution in [2.75, 3.05) is 44.2 Å². The van der Waals surface area contributed by atoms with E-state index in [-0.39, 0.29) is 12.2 Å². The lowest BCUT2D eigenvalue weighted by Crippen LogP contribution is -2.56. The summed E-state index contributed by atoms with van der Waals surface area (Å²) in [6.07, 6.45) is 5.38. The first-order valence-corrected chi connectivity index (χ1v) is 11.9. The molecule has 33 heavy (non-hydrogen) atoms. The minimum Gasteiger partial charge on any atom is -0.370 e. The number of morpholine rings is 1. The first kappa shape index (κ1) is 20.6. The first-order chi connectivity index (χ1) is 16.2. The van der Waals surface area contributed by atoms with Gasteiger partial charge in [0.25, 0.3) is 0 Å². The molecular formula is C25H29N7O. The maximum absolute atomic E-state index is 9.47. The molecular weight excluding hydrogens is 414 g/mol. The van der Waals surface area contributed by atoms with Crippen molar-refractivity contribution in [1.29, 1.82) is 5.26 Å². The number of benzene rings is 1. The molecule has 3 aliphatic rings. The molecule has 0 saturated carbocycles. The second-order valence-electron chi connectivity index (χ2n) is 9.50. The van der Waals surface area contributed by atoms with Gasteiger partial charge in [-0.1, -0.05) is 0 Å². The average Bonchev–Trinajstić information content (AvgIpc) is 3.23. The van der Waals surface area contributed by atoms with Crippen LogP contribution < -0.4 is 10.2 Å². The molecule has 2 atom stereocenters. The van der Waals surface area contributed by atoms with Gasteiger partial charge >= 0.3 is 0 Å². The van der Waals surface area contributed by atoms with Gasteiger partial charge in [0.05, 0.1) is 35.0 Å². The average molecular weight is 444 g/mol. The number of hydrogen-bond acceptors (Lipinski definition) is 7. The van der Waals surface area contributed by atoms with Gasteiger partial charge in [-0.15, -0.1) is 0 Å². The number of nitrogens with zero attached hydrogens (tertiary/aromatic N) is 6. The number of rotatable bonds is 4.